The van der Waals surface area contributed by atoms with E-state index in [9.17, 15) is 0 Å². The Kier molecular flexibility index (Phi) is 6.18. The van der Waals surface area contributed by atoms with Gasteiger partial charge in [-0.1, -0.05) is 63.5 Å². The van der Waals surface area contributed by atoms with Gasteiger partial charge in [-0.05, 0) is 57.6 Å². The second kappa shape index (κ2) is 9.02. The lowest BCUT2D eigenvalue weighted by molar-refractivity contribution is 0.0435. The van der Waals surface area contributed by atoms with E-state index in [4.69, 9.17) is 4.98 Å². The van der Waals surface area contributed by atoms with Crippen LogP contribution in [0.25, 0.3) is 11.0 Å². The van der Waals surface area contributed by atoms with Crippen molar-refractivity contribution in [3.05, 3.63) is 30.1 Å². The van der Waals surface area contributed by atoms with Crippen molar-refractivity contribution >= 4 is 11.0 Å². The third-order valence-electron chi connectivity index (χ3n) is 8.62. The van der Waals surface area contributed by atoms with E-state index in [1.807, 2.05) is 0 Å². The van der Waals surface area contributed by atoms with E-state index in [-0.39, 0.29) is 0 Å². The number of likely N-dealkylation sites (tertiary alicyclic amines) is 1. The number of aromatic nitrogens is 2. The van der Waals surface area contributed by atoms with Gasteiger partial charge in [0.1, 0.15) is 5.82 Å². The molecule has 30 heavy (non-hydrogen) atoms. The maximum atomic E-state index is 5.21. The zero-order valence-electron chi connectivity index (χ0n) is 19.1. The standard InChI is InChI=1S/C27H41N3/c1-27(18-10-3-2-4-11-19-27)29-20-16-23(17-21-29)30-25-15-9-8-14-24(25)28-26(30)22-12-6-5-7-13-22/h8-9,14-15,22-23H,2-7,10-13,16-21H2,1H3. The van der Waals surface area contributed by atoms with Gasteiger partial charge in [-0.25, -0.2) is 4.98 Å². The van der Waals surface area contributed by atoms with Gasteiger partial charge in [-0.15, -0.1) is 0 Å². The Bertz CT molecular complexity index is 816. The summed E-state index contributed by atoms with van der Waals surface area (Å²) in [6.45, 7) is 5.09. The molecule has 1 aromatic carbocycles. The SMILES string of the molecule is CC1(N2CCC(n3c(C4CCCCC4)nc4ccccc43)CC2)CCCCCCC1. The van der Waals surface area contributed by atoms with Crippen LogP contribution in [0.3, 0.4) is 0 Å². The van der Waals surface area contributed by atoms with E-state index >= 15 is 0 Å². The molecule has 2 aromatic rings. The van der Waals surface area contributed by atoms with Crippen molar-refractivity contribution in [3.63, 3.8) is 0 Å². The van der Waals surface area contributed by atoms with Crippen molar-refractivity contribution in [2.45, 2.75) is 114 Å². The normalized spacial score (nSPS) is 25.2. The van der Waals surface area contributed by atoms with Crippen LogP contribution in [0.1, 0.15) is 115 Å². The van der Waals surface area contributed by atoms with Crippen LogP contribution in [-0.2, 0) is 0 Å². The number of rotatable bonds is 3. The Morgan fingerprint density at radius 1 is 0.800 bits per heavy atom. The Labute approximate surface area is 183 Å². The van der Waals surface area contributed by atoms with Crippen LogP contribution in [0.2, 0.25) is 0 Å². The lowest BCUT2D eigenvalue weighted by Gasteiger charge is -2.46. The molecular weight excluding hydrogens is 366 g/mol. The molecule has 3 aliphatic rings. The number of hydrogen-bond acceptors (Lipinski definition) is 2. The largest absolute Gasteiger partial charge is 0.325 e. The van der Waals surface area contributed by atoms with E-state index in [1.54, 1.807) is 0 Å². The number of imidazole rings is 1. The molecule has 0 bridgehead atoms. The number of fused-ring (bicyclic) bond motifs is 1. The smallest absolute Gasteiger partial charge is 0.113 e. The minimum atomic E-state index is 0.439. The zero-order chi connectivity index (χ0) is 20.4. The fraction of sp³-hybridized carbons (Fsp3) is 0.741. The predicted octanol–water partition coefficient (Wildman–Crippen LogP) is 7.22. The summed E-state index contributed by atoms with van der Waals surface area (Å²) in [5, 5.41) is 0. The van der Waals surface area contributed by atoms with Crippen molar-refractivity contribution in [1.29, 1.82) is 0 Å². The maximum Gasteiger partial charge on any atom is 0.113 e. The van der Waals surface area contributed by atoms with E-state index in [0.717, 1.165) is 0 Å². The molecule has 0 N–H and O–H groups in total. The molecular formula is C27H41N3. The average Bonchev–Trinajstić information content (AvgIpc) is 3.17. The first-order chi connectivity index (χ1) is 14.7. The van der Waals surface area contributed by atoms with Gasteiger partial charge in [0.2, 0.25) is 0 Å². The van der Waals surface area contributed by atoms with Gasteiger partial charge in [0.15, 0.2) is 0 Å². The Balaban J connectivity index is 1.36. The highest BCUT2D eigenvalue weighted by Crippen LogP contribution is 2.40. The van der Waals surface area contributed by atoms with Gasteiger partial charge in [0.25, 0.3) is 0 Å². The molecule has 0 amide bonds. The number of nitrogens with zero attached hydrogens (tertiary/aromatic N) is 3. The molecule has 3 nitrogen and oxygen atoms in total. The summed E-state index contributed by atoms with van der Waals surface area (Å²) in [5.74, 6) is 2.08. The van der Waals surface area contributed by atoms with Crippen LogP contribution in [0.5, 0.6) is 0 Å². The molecule has 2 aliphatic carbocycles. The highest BCUT2D eigenvalue weighted by Gasteiger charge is 2.36. The molecule has 1 saturated heterocycles. The summed E-state index contributed by atoms with van der Waals surface area (Å²) in [4.78, 5) is 8.08. The van der Waals surface area contributed by atoms with Crippen molar-refractivity contribution in [2.24, 2.45) is 0 Å². The number of hydrogen-bond donors (Lipinski definition) is 0. The maximum absolute atomic E-state index is 5.21. The van der Waals surface area contributed by atoms with Crippen LogP contribution in [0, 0.1) is 0 Å². The first kappa shape index (κ1) is 20.5. The Hall–Kier alpha value is -1.35. The van der Waals surface area contributed by atoms with E-state index < -0.39 is 0 Å². The summed E-state index contributed by atoms with van der Waals surface area (Å²) in [7, 11) is 0. The molecule has 0 radical (unpaired) electrons. The first-order valence-corrected chi connectivity index (χ1v) is 13.0. The summed E-state index contributed by atoms with van der Waals surface area (Å²) < 4.78 is 2.70. The van der Waals surface area contributed by atoms with Crippen LogP contribution < -0.4 is 0 Å². The van der Waals surface area contributed by atoms with Gasteiger partial charge in [0, 0.05) is 30.6 Å². The van der Waals surface area contributed by atoms with Crippen LogP contribution in [0.4, 0.5) is 0 Å². The monoisotopic (exact) mass is 407 g/mol. The Morgan fingerprint density at radius 2 is 1.43 bits per heavy atom. The fourth-order valence-corrected chi connectivity index (χ4v) is 6.74. The first-order valence-electron chi connectivity index (χ1n) is 13.0. The number of benzene rings is 1. The summed E-state index contributed by atoms with van der Waals surface area (Å²) in [5.41, 5.74) is 3.04. The molecule has 0 atom stereocenters. The van der Waals surface area contributed by atoms with Gasteiger partial charge in [-0.2, -0.15) is 0 Å². The van der Waals surface area contributed by atoms with E-state index in [0.29, 0.717) is 17.5 Å². The number of para-hydroxylation sites is 2. The van der Waals surface area contributed by atoms with Gasteiger partial charge in [0.05, 0.1) is 11.0 Å². The summed E-state index contributed by atoms with van der Waals surface area (Å²) in [6.07, 6.45) is 19.4. The van der Waals surface area contributed by atoms with Crippen LogP contribution in [0.15, 0.2) is 24.3 Å². The van der Waals surface area contributed by atoms with Crippen molar-refractivity contribution in [1.82, 2.24) is 14.5 Å². The third kappa shape index (κ3) is 4.07. The highest BCUT2D eigenvalue weighted by molar-refractivity contribution is 5.76. The van der Waals surface area contributed by atoms with Crippen molar-refractivity contribution in [2.75, 3.05) is 13.1 Å². The fourth-order valence-electron chi connectivity index (χ4n) is 6.74. The number of piperidine rings is 1. The molecule has 2 heterocycles. The summed E-state index contributed by atoms with van der Waals surface area (Å²) >= 11 is 0. The van der Waals surface area contributed by atoms with Crippen molar-refractivity contribution in [3.8, 4) is 0 Å². The molecule has 1 aliphatic heterocycles. The van der Waals surface area contributed by atoms with Crippen LogP contribution in [-0.4, -0.2) is 33.1 Å². The van der Waals surface area contributed by atoms with Gasteiger partial charge >= 0.3 is 0 Å². The third-order valence-corrected chi connectivity index (χ3v) is 8.62. The second-order valence-corrected chi connectivity index (χ2v) is 10.6. The van der Waals surface area contributed by atoms with E-state index in [1.165, 1.54) is 120 Å². The van der Waals surface area contributed by atoms with E-state index in [2.05, 4.69) is 40.7 Å². The summed E-state index contributed by atoms with van der Waals surface area (Å²) in [6, 6.07) is 9.53. The molecule has 5 rings (SSSR count). The van der Waals surface area contributed by atoms with Gasteiger partial charge in [-0.3, -0.25) is 4.90 Å². The molecule has 3 fully saturated rings. The van der Waals surface area contributed by atoms with Crippen LogP contribution >= 0.6 is 0 Å². The molecule has 2 saturated carbocycles. The topological polar surface area (TPSA) is 21.1 Å². The van der Waals surface area contributed by atoms with Gasteiger partial charge < -0.3 is 4.57 Å². The Morgan fingerprint density at radius 3 is 2.17 bits per heavy atom. The lowest BCUT2D eigenvalue weighted by atomic mass is 9.82. The molecule has 164 valence electrons. The second-order valence-electron chi connectivity index (χ2n) is 10.6. The quantitative estimate of drug-likeness (QED) is 0.535. The molecule has 3 heteroatoms. The minimum Gasteiger partial charge on any atom is -0.325 e. The molecule has 0 spiro atoms. The average molecular weight is 408 g/mol. The zero-order valence-corrected chi connectivity index (χ0v) is 19.1. The van der Waals surface area contributed by atoms with Crippen molar-refractivity contribution < 1.29 is 0 Å². The molecule has 0 unspecified atom stereocenters. The minimum absolute atomic E-state index is 0.439. The highest BCUT2D eigenvalue weighted by atomic mass is 15.2. The molecule has 1 aromatic heterocycles. The predicted molar refractivity (Wildman–Crippen MR) is 126 cm³/mol. The lowest BCUT2D eigenvalue weighted by Crippen LogP contribution is -2.50.